The first-order valence-electron chi connectivity index (χ1n) is 4.83. The molecule has 0 aliphatic carbocycles. The third-order valence-corrected chi connectivity index (χ3v) is 4.19. The van der Waals surface area contributed by atoms with Crippen molar-refractivity contribution >= 4 is 27.3 Å². The number of hydrogen-bond donors (Lipinski definition) is 2. The number of aryl methyl sites for hydroxylation is 1. The summed E-state index contributed by atoms with van der Waals surface area (Å²) in [6.45, 7) is 2.06. The molecule has 16 heavy (non-hydrogen) atoms. The summed E-state index contributed by atoms with van der Waals surface area (Å²) in [6, 6.07) is 4.06. The van der Waals surface area contributed by atoms with E-state index in [2.05, 4.69) is 39.3 Å². The summed E-state index contributed by atoms with van der Waals surface area (Å²) in [5, 5.41) is 2.05. The fourth-order valence-electron chi connectivity index (χ4n) is 1.58. The molecule has 5 heteroatoms. The van der Waals surface area contributed by atoms with Crippen LogP contribution in [0, 0.1) is 6.92 Å². The molecule has 3 N–H and O–H groups in total. The molecule has 0 spiro atoms. The molecule has 2 aromatic heterocycles. The van der Waals surface area contributed by atoms with Gasteiger partial charge in [-0.2, -0.15) is 0 Å². The Hall–Kier alpha value is -0.750. The van der Waals surface area contributed by atoms with E-state index in [9.17, 15) is 0 Å². The van der Waals surface area contributed by atoms with Crippen LogP contribution in [0.5, 0.6) is 0 Å². The smallest absolute Gasteiger partial charge is 0.0820 e. The normalized spacial score (nSPS) is 12.7. The molecular weight excluding hydrogens is 286 g/mol. The quantitative estimate of drug-likeness (QED) is 0.677. The lowest BCUT2D eigenvalue weighted by molar-refractivity contribution is 0.640. The van der Waals surface area contributed by atoms with Crippen molar-refractivity contribution in [1.82, 2.24) is 10.4 Å². The number of rotatable bonds is 3. The standard InChI is InChI=1S/C11H12BrN3S/c1-7-2-3-14-5-9(7)11(15-13)10-4-8(12)6-16-10/h2-6,11,15H,13H2,1H3. The van der Waals surface area contributed by atoms with Crippen molar-refractivity contribution in [3.8, 4) is 0 Å². The third kappa shape index (κ3) is 2.32. The molecule has 2 rings (SSSR count). The molecule has 2 aromatic rings. The van der Waals surface area contributed by atoms with Gasteiger partial charge in [0.25, 0.3) is 0 Å². The Labute approximate surface area is 107 Å². The number of hydrazine groups is 1. The molecule has 0 saturated heterocycles. The van der Waals surface area contributed by atoms with Gasteiger partial charge >= 0.3 is 0 Å². The Morgan fingerprint density at radius 3 is 2.94 bits per heavy atom. The van der Waals surface area contributed by atoms with Crippen LogP contribution in [-0.4, -0.2) is 4.98 Å². The zero-order valence-corrected chi connectivity index (χ0v) is 11.2. The van der Waals surface area contributed by atoms with Gasteiger partial charge in [-0.05, 0) is 46.1 Å². The number of halogens is 1. The monoisotopic (exact) mass is 297 g/mol. The average Bonchev–Trinajstić information content (AvgIpc) is 2.69. The van der Waals surface area contributed by atoms with E-state index < -0.39 is 0 Å². The van der Waals surface area contributed by atoms with E-state index in [1.54, 1.807) is 17.5 Å². The van der Waals surface area contributed by atoms with Gasteiger partial charge in [0.05, 0.1) is 6.04 Å². The van der Waals surface area contributed by atoms with Gasteiger partial charge in [0.15, 0.2) is 0 Å². The van der Waals surface area contributed by atoms with Gasteiger partial charge in [0.1, 0.15) is 0 Å². The maximum Gasteiger partial charge on any atom is 0.0820 e. The van der Waals surface area contributed by atoms with Crippen LogP contribution in [0.2, 0.25) is 0 Å². The number of thiophene rings is 1. The van der Waals surface area contributed by atoms with Crippen LogP contribution in [0.3, 0.4) is 0 Å². The number of aromatic nitrogens is 1. The second kappa shape index (κ2) is 5.05. The topological polar surface area (TPSA) is 50.9 Å². The number of nitrogens with two attached hydrogens (primary N) is 1. The number of nitrogens with zero attached hydrogens (tertiary/aromatic N) is 1. The van der Waals surface area contributed by atoms with Crippen molar-refractivity contribution in [1.29, 1.82) is 0 Å². The van der Waals surface area contributed by atoms with Crippen LogP contribution >= 0.6 is 27.3 Å². The zero-order chi connectivity index (χ0) is 11.5. The van der Waals surface area contributed by atoms with E-state index >= 15 is 0 Å². The van der Waals surface area contributed by atoms with Gasteiger partial charge < -0.3 is 0 Å². The van der Waals surface area contributed by atoms with Crippen molar-refractivity contribution in [3.63, 3.8) is 0 Å². The summed E-state index contributed by atoms with van der Waals surface area (Å²) in [7, 11) is 0. The third-order valence-electron chi connectivity index (χ3n) is 2.43. The van der Waals surface area contributed by atoms with Gasteiger partial charge in [0.2, 0.25) is 0 Å². The van der Waals surface area contributed by atoms with Crippen LogP contribution in [0.4, 0.5) is 0 Å². The second-order valence-corrected chi connectivity index (χ2v) is 5.36. The highest BCUT2D eigenvalue weighted by Gasteiger charge is 2.16. The minimum atomic E-state index is 0.00463. The SMILES string of the molecule is Cc1ccncc1C(NN)c1cc(Br)cs1. The molecular formula is C11H12BrN3S. The summed E-state index contributed by atoms with van der Waals surface area (Å²) in [4.78, 5) is 5.32. The molecule has 0 aromatic carbocycles. The molecule has 0 radical (unpaired) electrons. The molecule has 0 aliphatic heterocycles. The Kier molecular flexibility index (Phi) is 3.70. The second-order valence-electron chi connectivity index (χ2n) is 3.50. The van der Waals surface area contributed by atoms with Crippen molar-refractivity contribution in [2.24, 2.45) is 5.84 Å². The first kappa shape index (κ1) is 11.7. The number of pyridine rings is 1. The Balaban J connectivity index is 2.40. The van der Waals surface area contributed by atoms with Gasteiger partial charge in [-0.25, -0.2) is 5.43 Å². The van der Waals surface area contributed by atoms with Crippen LogP contribution in [0.25, 0.3) is 0 Å². The van der Waals surface area contributed by atoms with Crippen molar-refractivity contribution in [3.05, 3.63) is 50.4 Å². The Morgan fingerprint density at radius 1 is 1.56 bits per heavy atom. The largest absolute Gasteiger partial charge is 0.271 e. The maximum atomic E-state index is 5.63. The van der Waals surface area contributed by atoms with Crippen molar-refractivity contribution < 1.29 is 0 Å². The Morgan fingerprint density at radius 2 is 2.38 bits per heavy atom. The van der Waals surface area contributed by atoms with E-state index in [-0.39, 0.29) is 6.04 Å². The molecule has 1 unspecified atom stereocenters. The van der Waals surface area contributed by atoms with Gasteiger partial charge in [-0.3, -0.25) is 10.8 Å². The minimum Gasteiger partial charge on any atom is -0.271 e. The molecule has 3 nitrogen and oxygen atoms in total. The Bertz CT molecular complexity index is 484. The van der Waals surface area contributed by atoms with E-state index in [1.165, 1.54) is 10.4 Å². The van der Waals surface area contributed by atoms with Crippen LogP contribution in [0.1, 0.15) is 22.0 Å². The number of hydrogen-bond acceptors (Lipinski definition) is 4. The van der Waals surface area contributed by atoms with Crippen LogP contribution in [-0.2, 0) is 0 Å². The summed E-state index contributed by atoms with van der Waals surface area (Å²) < 4.78 is 1.08. The van der Waals surface area contributed by atoms with E-state index in [0.717, 1.165) is 10.0 Å². The fraction of sp³-hybridized carbons (Fsp3) is 0.182. The molecule has 0 saturated carbocycles. The summed E-state index contributed by atoms with van der Waals surface area (Å²) in [5.74, 6) is 5.63. The first-order valence-corrected chi connectivity index (χ1v) is 6.50. The molecule has 1 atom stereocenters. The van der Waals surface area contributed by atoms with Gasteiger partial charge in [0, 0.05) is 27.1 Å². The molecule has 0 amide bonds. The van der Waals surface area contributed by atoms with E-state index in [0.29, 0.717) is 0 Å². The number of nitrogens with one attached hydrogen (secondary N) is 1. The summed E-state index contributed by atoms with van der Waals surface area (Å²) in [5.41, 5.74) is 5.13. The van der Waals surface area contributed by atoms with Gasteiger partial charge in [-0.15, -0.1) is 11.3 Å². The van der Waals surface area contributed by atoms with Crippen LogP contribution < -0.4 is 11.3 Å². The molecule has 0 aliphatic rings. The summed E-state index contributed by atoms with van der Waals surface area (Å²) in [6.07, 6.45) is 3.64. The molecule has 84 valence electrons. The van der Waals surface area contributed by atoms with Gasteiger partial charge in [-0.1, -0.05) is 0 Å². The highest BCUT2D eigenvalue weighted by molar-refractivity contribution is 9.10. The molecule has 0 fully saturated rings. The predicted molar refractivity (Wildman–Crippen MR) is 70.2 cm³/mol. The lowest BCUT2D eigenvalue weighted by Crippen LogP contribution is -2.28. The van der Waals surface area contributed by atoms with Crippen molar-refractivity contribution in [2.75, 3.05) is 0 Å². The van der Waals surface area contributed by atoms with E-state index in [1.807, 2.05) is 17.6 Å². The van der Waals surface area contributed by atoms with E-state index in [4.69, 9.17) is 5.84 Å². The fourth-order valence-corrected chi connectivity index (χ4v) is 3.10. The summed E-state index contributed by atoms with van der Waals surface area (Å²) >= 11 is 5.12. The highest BCUT2D eigenvalue weighted by atomic mass is 79.9. The first-order chi connectivity index (χ1) is 7.72. The zero-order valence-electron chi connectivity index (χ0n) is 8.77. The maximum absolute atomic E-state index is 5.63. The minimum absolute atomic E-state index is 0.00463. The molecule has 2 heterocycles. The van der Waals surface area contributed by atoms with Crippen LogP contribution in [0.15, 0.2) is 34.4 Å². The molecule has 0 bridgehead atoms. The average molecular weight is 298 g/mol. The predicted octanol–water partition coefficient (Wildman–Crippen LogP) is 2.77. The lowest BCUT2D eigenvalue weighted by Gasteiger charge is -2.16. The van der Waals surface area contributed by atoms with Crippen molar-refractivity contribution in [2.45, 2.75) is 13.0 Å². The highest BCUT2D eigenvalue weighted by Crippen LogP contribution is 2.30. The lowest BCUT2D eigenvalue weighted by atomic mass is 10.0.